The Hall–Kier alpha value is -1.31. The molecule has 1 amide bonds. The third-order valence-corrected chi connectivity index (χ3v) is 4.25. The molecule has 23 heavy (non-hydrogen) atoms. The number of hydrogen-bond donors (Lipinski definition) is 3. The Bertz CT molecular complexity index is 539. The van der Waals surface area contributed by atoms with E-state index in [0.29, 0.717) is 18.2 Å². The molecular weight excluding hydrogens is 403 g/mol. The summed E-state index contributed by atoms with van der Waals surface area (Å²) < 4.78 is 0. The van der Waals surface area contributed by atoms with Gasteiger partial charge in [-0.1, -0.05) is 19.1 Å². The van der Waals surface area contributed by atoms with Crippen molar-refractivity contribution in [3.8, 4) is 0 Å². The van der Waals surface area contributed by atoms with Gasteiger partial charge < -0.3 is 16.4 Å². The molecule has 0 radical (unpaired) electrons. The molecular formula is C17H27IN4O. The van der Waals surface area contributed by atoms with Crippen LogP contribution in [0.25, 0.3) is 0 Å². The maximum Gasteiger partial charge on any atom is 0.248 e. The molecule has 1 aromatic rings. The zero-order valence-corrected chi connectivity index (χ0v) is 16.2. The van der Waals surface area contributed by atoms with Crippen LogP contribution in [-0.2, 0) is 6.54 Å². The lowest BCUT2D eigenvalue weighted by atomic mass is 9.87. The molecule has 0 aromatic heterocycles. The summed E-state index contributed by atoms with van der Waals surface area (Å²) in [5.41, 5.74) is 6.85. The van der Waals surface area contributed by atoms with Crippen molar-refractivity contribution in [2.24, 2.45) is 16.6 Å². The first kappa shape index (κ1) is 19.7. The Morgan fingerprint density at radius 3 is 2.61 bits per heavy atom. The average Bonchev–Trinajstić information content (AvgIpc) is 2.53. The van der Waals surface area contributed by atoms with Crippen LogP contribution in [0.3, 0.4) is 0 Å². The molecule has 2 rings (SSSR count). The Labute approximate surface area is 155 Å². The van der Waals surface area contributed by atoms with E-state index in [-0.39, 0.29) is 24.0 Å². The minimum absolute atomic E-state index is 0. The normalized spacial score (nSPS) is 21.2. The number of hydrogen-bond acceptors (Lipinski definition) is 2. The van der Waals surface area contributed by atoms with Crippen LogP contribution in [0.1, 0.15) is 48.5 Å². The van der Waals surface area contributed by atoms with Gasteiger partial charge in [0.25, 0.3) is 0 Å². The minimum atomic E-state index is -0.402. The molecule has 0 aliphatic heterocycles. The monoisotopic (exact) mass is 430 g/mol. The molecule has 5 nitrogen and oxygen atoms in total. The van der Waals surface area contributed by atoms with Crippen molar-refractivity contribution in [3.05, 3.63) is 35.4 Å². The highest BCUT2D eigenvalue weighted by molar-refractivity contribution is 14.0. The maximum atomic E-state index is 11.2. The molecule has 6 heteroatoms. The Morgan fingerprint density at radius 2 is 2.00 bits per heavy atom. The predicted octanol–water partition coefficient (Wildman–Crippen LogP) is 2.65. The smallest absolute Gasteiger partial charge is 0.248 e. The topological polar surface area (TPSA) is 79.5 Å². The largest absolute Gasteiger partial charge is 0.366 e. The highest BCUT2D eigenvalue weighted by Crippen LogP contribution is 2.23. The SMILES string of the molecule is CN=C(NCc1cccc(C(N)=O)c1)NC1CCC(C)CC1.I. The van der Waals surface area contributed by atoms with Gasteiger partial charge in [0, 0.05) is 25.2 Å². The summed E-state index contributed by atoms with van der Waals surface area (Å²) in [5.74, 6) is 1.24. The number of amides is 1. The van der Waals surface area contributed by atoms with E-state index in [9.17, 15) is 4.79 Å². The van der Waals surface area contributed by atoms with Crippen LogP contribution in [-0.4, -0.2) is 25.0 Å². The van der Waals surface area contributed by atoms with Crippen LogP contribution in [0.2, 0.25) is 0 Å². The molecule has 128 valence electrons. The zero-order chi connectivity index (χ0) is 15.9. The number of guanidine groups is 1. The van der Waals surface area contributed by atoms with Gasteiger partial charge in [-0.15, -0.1) is 24.0 Å². The van der Waals surface area contributed by atoms with Gasteiger partial charge >= 0.3 is 0 Å². The van der Waals surface area contributed by atoms with E-state index in [1.54, 1.807) is 13.1 Å². The van der Waals surface area contributed by atoms with Crippen LogP contribution in [0.15, 0.2) is 29.3 Å². The second-order valence-corrected chi connectivity index (χ2v) is 6.09. The van der Waals surface area contributed by atoms with E-state index in [2.05, 4.69) is 22.5 Å². The average molecular weight is 430 g/mol. The van der Waals surface area contributed by atoms with Gasteiger partial charge in [0.1, 0.15) is 0 Å². The summed E-state index contributed by atoms with van der Waals surface area (Å²) >= 11 is 0. The lowest BCUT2D eigenvalue weighted by molar-refractivity contribution is 0.1000. The summed E-state index contributed by atoms with van der Waals surface area (Å²) in [6.07, 6.45) is 4.93. The van der Waals surface area contributed by atoms with Gasteiger partial charge in [-0.2, -0.15) is 0 Å². The number of carbonyl (C=O) groups is 1. The predicted molar refractivity (Wildman–Crippen MR) is 105 cm³/mol. The van der Waals surface area contributed by atoms with Gasteiger partial charge in [-0.3, -0.25) is 9.79 Å². The molecule has 0 bridgehead atoms. The Balaban J connectivity index is 0.00000264. The number of halogens is 1. The van der Waals surface area contributed by atoms with Crippen molar-refractivity contribution < 1.29 is 4.79 Å². The summed E-state index contributed by atoms with van der Waals surface area (Å²) in [4.78, 5) is 15.5. The number of carbonyl (C=O) groups excluding carboxylic acids is 1. The molecule has 1 saturated carbocycles. The van der Waals surface area contributed by atoms with E-state index in [0.717, 1.165) is 17.4 Å². The van der Waals surface area contributed by atoms with Gasteiger partial charge in [-0.05, 0) is 49.3 Å². The van der Waals surface area contributed by atoms with E-state index in [1.165, 1.54) is 25.7 Å². The first-order valence-electron chi connectivity index (χ1n) is 7.94. The van der Waals surface area contributed by atoms with Crippen molar-refractivity contribution in [1.29, 1.82) is 0 Å². The number of primary amides is 1. The lowest BCUT2D eigenvalue weighted by Gasteiger charge is -2.28. The van der Waals surface area contributed by atoms with Crippen LogP contribution >= 0.6 is 24.0 Å². The number of nitrogens with one attached hydrogen (secondary N) is 2. The van der Waals surface area contributed by atoms with E-state index >= 15 is 0 Å². The highest BCUT2D eigenvalue weighted by atomic mass is 127. The van der Waals surface area contributed by atoms with Gasteiger partial charge in [-0.25, -0.2) is 0 Å². The van der Waals surface area contributed by atoms with Gasteiger partial charge in [0.15, 0.2) is 5.96 Å². The first-order valence-corrected chi connectivity index (χ1v) is 7.94. The quantitative estimate of drug-likeness (QED) is 0.391. The molecule has 1 fully saturated rings. The molecule has 0 atom stereocenters. The van der Waals surface area contributed by atoms with E-state index in [4.69, 9.17) is 5.73 Å². The fraction of sp³-hybridized carbons (Fsp3) is 0.529. The molecule has 4 N–H and O–H groups in total. The number of nitrogens with zero attached hydrogens (tertiary/aromatic N) is 1. The van der Waals surface area contributed by atoms with Crippen molar-refractivity contribution in [2.45, 2.75) is 45.2 Å². The third-order valence-electron chi connectivity index (χ3n) is 4.25. The second kappa shape index (κ2) is 9.75. The van der Waals surface area contributed by atoms with Crippen LogP contribution in [0, 0.1) is 5.92 Å². The summed E-state index contributed by atoms with van der Waals surface area (Å²) in [6, 6.07) is 7.84. The standard InChI is InChI=1S/C17H26N4O.HI/c1-12-6-8-15(9-7-12)21-17(19-2)20-11-13-4-3-5-14(10-13)16(18)22;/h3-5,10,12,15H,6-9,11H2,1-2H3,(H2,18,22)(H2,19,20,21);1H. The van der Waals surface area contributed by atoms with Gasteiger partial charge in [0.2, 0.25) is 5.91 Å². The third kappa shape index (κ3) is 6.37. The second-order valence-electron chi connectivity index (χ2n) is 6.09. The minimum Gasteiger partial charge on any atom is -0.366 e. The summed E-state index contributed by atoms with van der Waals surface area (Å²) in [5, 5.41) is 6.78. The van der Waals surface area contributed by atoms with Crippen molar-refractivity contribution >= 4 is 35.8 Å². The summed E-state index contributed by atoms with van der Waals surface area (Å²) in [7, 11) is 1.78. The fourth-order valence-corrected chi connectivity index (χ4v) is 2.81. The Morgan fingerprint density at radius 1 is 1.30 bits per heavy atom. The number of benzene rings is 1. The maximum absolute atomic E-state index is 11.2. The van der Waals surface area contributed by atoms with E-state index < -0.39 is 5.91 Å². The lowest BCUT2D eigenvalue weighted by Crippen LogP contribution is -2.44. The molecule has 0 spiro atoms. The van der Waals surface area contributed by atoms with Gasteiger partial charge in [0.05, 0.1) is 0 Å². The molecule has 1 aliphatic carbocycles. The van der Waals surface area contributed by atoms with Crippen LogP contribution < -0.4 is 16.4 Å². The highest BCUT2D eigenvalue weighted by Gasteiger charge is 2.18. The van der Waals surface area contributed by atoms with Crippen molar-refractivity contribution in [1.82, 2.24) is 10.6 Å². The van der Waals surface area contributed by atoms with E-state index in [1.807, 2.05) is 18.2 Å². The van der Waals surface area contributed by atoms with Crippen LogP contribution in [0.4, 0.5) is 0 Å². The van der Waals surface area contributed by atoms with Crippen molar-refractivity contribution in [2.75, 3.05) is 7.05 Å². The molecule has 0 heterocycles. The summed E-state index contributed by atoms with van der Waals surface area (Å²) in [6.45, 7) is 2.93. The fourth-order valence-electron chi connectivity index (χ4n) is 2.81. The first-order chi connectivity index (χ1) is 10.6. The van der Waals surface area contributed by atoms with Crippen molar-refractivity contribution in [3.63, 3.8) is 0 Å². The number of nitrogens with two attached hydrogens (primary N) is 1. The number of aliphatic imine (C=N–C) groups is 1. The zero-order valence-electron chi connectivity index (χ0n) is 13.8. The molecule has 1 aromatic carbocycles. The molecule has 0 saturated heterocycles. The van der Waals surface area contributed by atoms with Crippen LogP contribution in [0.5, 0.6) is 0 Å². The number of rotatable bonds is 4. The molecule has 0 unspecified atom stereocenters. The Kier molecular flexibility index (Phi) is 8.36. The molecule has 1 aliphatic rings.